The van der Waals surface area contributed by atoms with Gasteiger partial charge in [0.05, 0.1) is 0 Å². The number of nitrogens with one attached hydrogen (secondary N) is 1. The van der Waals surface area contributed by atoms with Gasteiger partial charge in [0.15, 0.2) is 0 Å². The second-order valence-electron chi connectivity index (χ2n) is 5.52. The van der Waals surface area contributed by atoms with Crippen LogP contribution in [0.15, 0.2) is 36.7 Å². The average molecular weight is 332 g/mol. The van der Waals surface area contributed by atoms with Crippen molar-refractivity contribution in [1.82, 2.24) is 14.9 Å². The first-order valence-electron chi connectivity index (χ1n) is 7.44. The lowest BCUT2D eigenvalue weighted by Crippen LogP contribution is -2.44. The Morgan fingerprint density at radius 2 is 1.96 bits per heavy atom. The van der Waals surface area contributed by atoms with Crippen molar-refractivity contribution in [1.29, 1.82) is 0 Å². The first kappa shape index (κ1) is 15.7. The summed E-state index contributed by atoms with van der Waals surface area (Å²) in [5.41, 5.74) is 0.497. The van der Waals surface area contributed by atoms with Crippen LogP contribution in [0.25, 0.3) is 0 Å². The number of nitrogens with zero attached hydrogens (tertiary/aromatic N) is 4. The molecule has 1 aliphatic heterocycles. The van der Waals surface area contributed by atoms with Crippen LogP contribution in [0, 0.1) is 0 Å². The van der Waals surface area contributed by atoms with Crippen LogP contribution >= 0.6 is 11.6 Å². The van der Waals surface area contributed by atoms with Crippen molar-refractivity contribution >= 4 is 29.1 Å². The van der Waals surface area contributed by atoms with E-state index in [9.17, 15) is 4.79 Å². The fourth-order valence-electron chi connectivity index (χ4n) is 2.44. The van der Waals surface area contributed by atoms with Gasteiger partial charge in [-0.2, -0.15) is 0 Å². The van der Waals surface area contributed by atoms with Crippen LogP contribution in [0.5, 0.6) is 0 Å². The van der Waals surface area contributed by atoms with E-state index in [4.69, 9.17) is 11.6 Å². The number of anilines is 2. The van der Waals surface area contributed by atoms with E-state index >= 15 is 0 Å². The van der Waals surface area contributed by atoms with Crippen LogP contribution in [-0.4, -0.2) is 54.0 Å². The van der Waals surface area contributed by atoms with E-state index in [1.54, 1.807) is 30.3 Å². The van der Waals surface area contributed by atoms with Gasteiger partial charge in [0, 0.05) is 42.8 Å². The first-order valence-corrected chi connectivity index (χ1v) is 7.82. The van der Waals surface area contributed by atoms with Gasteiger partial charge >= 0.3 is 0 Å². The summed E-state index contributed by atoms with van der Waals surface area (Å²) in [6.07, 6.45) is 1.47. The standard InChI is InChI=1S/C16H18ClN5O/c1-21-5-7-22(8-6-21)15-10-14(18-11-19-15)20-16(23)12-3-2-4-13(17)9-12/h2-4,9-11H,5-8H2,1H3,(H,18,19,20,23). The fraction of sp³-hybridized carbons (Fsp3) is 0.312. The molecule has 23 heavy (non-hydrogen) atoms. The molecule has 2 heterocycles. The highest BCUT2D eigenvalue weighted by Gasteiger charge is 2.16. The highest BCUT2D eigenvalue weighted by Crippen LogP contribution is 2.17. The lowest BCUT2D eigenvalue weighted by Gasteiger charge is -2.33. The number of carbonyl (C=O) groups excluding carboxylic acids is 1. The Kier molecular flexibility index (Phi) is 4.73. The fourth-order valence-corrected chi connectivity index (χ4v) is 2.63. The number of benzene rings is 1. The molecule has 0 radical (unpaired) electrons. The molecule has 1 amide bonds. The molecule has 0 saturated carbocycles. The average Bonchev–Trinajstić information content (AvgIpc) is 2.56. The van der Waals surface area contributed by atoms with E-state index in [1.165, 1.54) is 6.33 Å². The van der Waals surface area contributed by atoms with E-state index in [0.29, 0.717) is 16.4 Å². The van der Waals surface area contributed by atoms with E-state index in [0.717, 1.165) is 32.0 Å². The maximum atomic E-state index is 12.2. The van der Waals surface area contributed by atoms with Crippen molar-refractivity contribution in [2.45, 2.75) is 0 Å². The molecule has 1 N–H and O–H groups in total. The SMILES string of the molecule is CN1CCN(c2cc(NC(=O)c3cccc(Cl)c3)ncn2)CC1. The van der Waals surface area contributed by atoms with E-state index in [1.807, 2.05) is 0 Å². The predicted octanol–water partition coefficient (Wildman–Crippen LogP) is 2.13. The lowest BCUT2D eigenvalue weighted by atomic mass is 10.2. The Morgan fingerprint density at radius 3 is 2.70 bits per heavy atom. The molecule has 6 nitrogen and oxygen atoms in total. The van der Waals surface area contributed by atoms with Crippen molar-refractivity contribution < 1.29 is 4.79 Å². The minimum absolute atomic E-state index is 0.240. The molecular formula is C16H18ClN5O. The molecule has 3 rings (SSSR count). The third kappa shape index (κ3) is 3.97. The molecule has 7 heteroatoms. The molecule has 1 fully saturated rings. The largest absolute Gasteiger partial charge is 0.354 e. The smallest absolute Gasteiger partial charge is 0.256 e. The molecule has 1 aliphatic rings. The molecule has 0 spiro atoms. The highest BCUT2D eigenvalue weighted by molar-refractivity contribution is 6.31. The quantitative estimate of drug-likeness (QED) is 0.933. The third-order valence-electron chi connectivity index (χ3n) is 3.81. The molecule has 2 aromatic rings. The van der Waals surface area contributed by atoms with Crippen molar-refractivity contribution in [3.05, 3.63) is 47.2 Å². The van der Waals surface area contributed by atoms with Crippen molar-refractivity contribution in [3.63, 3.8) is 0 Å². The molecule has 0 unspecified atom stereocenters. The van der Waals surface area contributed by atoms with Crippen LogP contribution in [0.1, 0.15) is 10.4 Å². The number of likely N-dealkylation sites (N-methyl/N-ethyl adjacent to an activating group) is 1. The Morgan fingerprint density at radius 1 is 1.17 bits per heavy atom. The number of piperazine rings is 1. The Hall–Kier alpha value is -2.18. The number of hydrogen-bond acceptors (Lipinski definition) is 5. The molecule has 0 bridgehead atoms. The number of aromatic nitrogens is 2. The van der Waals surface area contributed by atoms with Crippen LogP contribution in [0.4, 0.5) is 11.6 Å². The Labute approximate surface area is 140 Å². The summed E-state index contributed by atoms with van der Waals surface area (Å²) < 4.78 is 0. The number of halogens is 1. The number of rotatable bonds is 3. The number of hydrogen-bond donors (Lipinski definition) is 1. The van der Waals surface area contributed by atoms with Crippen LogP contribution < -0.4 is 10.2 Å². The zero-order valence-corrected chi connectivity index (χ0v) is 13.6. The van der Waals surface area contributed by atoms with Gasteiger partial charge in [-0.25, -0.2) is 9.97 Å². The van der Waals surface area contributed by atoms with Gasteiger partial charge in [-0.05, 0) is 25.2 Å². The maximum Gasteiger partial charge on any atom is 0.256 e. The van der Waals surface area contributed by atoms with Crippen LogP contribution in [0.2, 0.25) is 5.02 Å². The zero-order valence-electron chi connectivity index (χ0n) is 12.9. The topological polar surface area (TPSA) is 61.4 Å². The molecule has 0 aliphatic carbocycles. The second-order valence-corrected chi connectivity index (χ2v) is 5.95. The summed E-state index contributed by atoms with van der Waals surface area (Å²) in [7, 11) is 2.11. The Balaban J connectivity index is 1.71. The van der Waals surface area contributed by atoms with Gasteiger partial charge in [0.25, 0.3) is 5.91 Å². The van der Waals surface area contributed by atoms with E-state index in [2.05, 4.69) is 32.1 Å². The zero-order chi connectivity index (χ0) is 16.2. The summed E-state index contributed by atoms with van der Waals surface area (Å²) in [6, 6.07) is 8.61. The monoisotopic (exact) mass is 331 g/mol. The summed E-state index contributed by atoms with van der Waals surface area (Å²) in [5, 5.41) is 3.31. The molecule has 1 aromatic heterocycles. The summed E-state index contributed by atoms with van der Waals surface area (Å²) in [4.78, 5) is 25.1. The van der Waals surface area contributed by atoms with E-state index < -0.39 is 0 Å². The Bertz CT molecular complexity index is 700. The maximum absolute atomic E-state index is 12.2. The van der Waals surface area contributed by atoms with Gasteiger partial charge in [0.2, 0.25) is 0 Å². The molecule has 1 aromatic carbocycles. The highest BCUT2D eigenvalue weighted by atomic mass is 35.5. The van der Waals surface area contributed by atoms with Gasteiger partial charge in [-0.3, -0.25) is 4.79 Å². The third-order valence-corrected chi connectivity index (χ3v) is 4.04. The summed E-state index contributed by atoms with van der Waals surface area (Å²) >= 11 is 5.91. The van der Waals surface area contributed by atoms with E-state index in [-0.39, 0.29) is 5.91 Å². The molecular weight excluding hydrogens is 314 g/mol. The number of carbonyl (C=O) groups is 1. The molecule has 1 saturated heterocycles. The normalized spacial score (nSPS) is 15.5. The predicted molar refractivity (Wildman–Crippen MR) is 91.1 cm³/mol. The summed E-state index contributed by atoms with van der Waals surface area (Å²) in [5.74, 6) is 1.07. The summed E-state index contributed by atoms with van der Waals surface area (Å²) in [6.45, 7) is 3.81. The van der Waals surface area contributed by atoms with Crippen LogP contribution in [-0.2, 0) is 0 Å². The second kappa shape index (κ2) is 6.93. The minimum atomic E-state index is -0.240. The van der Waals surface area contributed by atoms with Crippen molar-refractivity contribution in [2.24, 2.45) is 0 Å². The molecule has 120 valence electrons. The van der Waals surface area contributed by atoms with Crippen molar-refractivity contribution in [2.75, 3.05) is 43.4 Å². The minimum Gasteiger partial charge on any atom is -0.354 e. The first-order chi connectivity index (χ1) is 11.1. The van der Waals surface area contributed by atoms with Crippen LogP contribution in [0.3, 0.4) is 0 Å². The van der Waals surface area contributed by atoms with Crippen molar-refractivity contribution in [3.8, 4) is 0 Å². The lowest BCUT2D eigenvalue weighted by molar-refractivity contribution is 0.102. The van der Waals surface area contributed by atoms with Gasteiger partial charge in [0.1, 0.15) is 18.0 Å². The number of amides is 1. The van der Waals surface area contributed by atoms with Gasteiger partial charge in [-0.15, -0.1) is 0 Å². The molecule has 0 atom stereocenters. The van der Waals surface area contributed by atoms with Gasteiger partial charge < -0.3 is 15.1 Å². The van der Waals surface area contributed by atoms with Gasteiger partial charge in [-0.1, -0.05) is 17.7 Å².